The van der Waals surface area contributed by atoms with Crippen LogP contribution in [0, 0.1) is 5.82 Å². The Morgan fingerprint density at radius 2 is 2.13 bits per heavy atom. The molecule has 2 heterocycles. The van der Waals surface area contributed by atoms with Gasteiger partial charge in [0.1, 0.15) is 17.7 Å². The van der Waals surface area contributed by atoms with Crippen LogP contribution >= 0.6 is 0 Å². The molecule has 0 amide bonds. The number of halogens is 1. The molecule has 0 bridgehead atoms. The van der Waals surface area contributed by atoms with Crippen molar-refractivity contribution < 1.29 is 19.3 Å². The zero-order chi connectivity index (χ0) is 16.3. The number of nitrogens with zero attached hydrogens (tertiary/aromatic N) is 1. The molecule has 2 unspecified atom stereocenters. The fourth-order valence-electron chi connectivity index (χ4n) is 2.84. The molecular weight excluding hydrogens is 299 g/mol. The van der Waals surface area contributed by atoms with Crippen LogP contribution in [0.4, 0.5) is 4.39 Å². The Labute approximate surface area is 133 Å². The smallest absolute Gasteiger partial charge is 0.141 e. The molecule has 1 aromatic carbocycles. The van der Waals surface area contributed by atoms with Gasteiger partial charge in [0.05, 0.1) is 30.6 Å². The Balaban J connectivity index is 1.77. The summed E-state index contributed by atoms with van der Waals surface area (Å²) in [6.07, 6.45) is 0.766. The Morgan fingerprint density at radius 3 is 2.87 bits per heavy atom. The average Bonchev–Trinajstić information content (AvgIpc) is 2.60. The minimum Gasteiger partial charge on any atom is -0.493 e. The van der Waals surface area contributed by atoms with Crippen molar-refractivity contribution in [1.82, 2.24) is 10.3 Å². The highest BCUT2D eigenvalue weighted by Crippen LogP contribution is 2.36. The van der Waals surface area contributed by atoms with Gasteiger partial charge >= 0.3 is 0 Å². The molecule has 2 atom stereocenters. The molecule has 122 valence electrons. The first-order valence-electron chi connectivity index (χ1n) is 7.52. The lowest BCUT2D eigenvalue weighted by molar-refractivity contribution is 0.0846. The van der Waals surface area contributed by atoms with E-state index < -0.39 is 17.5 Å². The van der Waals surface area contributed by atoms with E-state index in [1.807, 2.05) is 24.3 Å². The molecule has 0 saturated heterocycles. The van der Waals surface area contributed by atoms with Gasteiger partial charge in [-0.05, 0) is 18.2 Å². The third-order valence-electron chi connectivity index (χ3n) is 4.18. The Hall–Kier alpha value is -2.02. The van der Waals surface area contributed by atoms with E-state index in [9.17, 15) is 14.6 Å². The molecule has 2 aromatic rings. The monoisotopic (exact) mass is 318 g/mol. The number of hydrogen-bond acceptors (Lipinski definition) is 5. The third-order valence-corrected chi connectivity index (χ3v) is 4.18. The summed E-state index contributed by atoms with van der Waals surface area (Å²) in [5.74, 6) is 0.286. The Bertz CT molecular complexity index is 665. The molecule has 23 heavy (non-hydrogen) atoms. The van der Waals surface area contributed by atoms with Crippen molar-refractivity contribution in [2.75, 3.05) is 19.8 Å². The summed E-state index contributed by atoms with van der Waals surface area (Å²) in [6.45, 7) is 0.555. The lowest BCUT2D eigenvalue weighted by atomic mass is 9.85. The normalized spacial score (nSPS) is 21.3. The first-order valence-corrected chi connectivity index (χ1v) is 7.52. The van der Waals surface area contributed by atoms with Gasteiger partial charge in [0.25, 0.3) is 0 Å². The van der Waals surface area contributed by atoms with Gasteiger partial charge in [0.15, 0.2) is 0 Å². The van der Waals surface area contributed by atoms with E-state index in [1.54, 1.807) is 0 Å². The SMILES string of the molecule is OCC1(NCC(O)c2ccc(F)cn2)CCOc2ccccc21. The molecule has 0 radical (unpaired) electrons. The van der Waals surface area contributed by atoms with Crippen LogP contribution in [-0.2, 0) is 5.54 Å². The number of aromatic nitrogens is 1. The lowest BCUT2D eigenvalue weighted by Gasteiger charge is -2.38. The van der Waals surface area contributed by atoms with Crippen LogP contribution in [0.3, 0.4) is 0 Å². The van der Waals surface area contributed by atoms with Gasteiger partial charge in [-0.3, -0.25) is 4.98 Å². The highest BCUT2D eigenvalue weighted by molar-refractivity contribution is 5.41. The maximum atomic E-state index is 12.9. The van der Waals surface area contributed by atoms with Crippen LogP contribution in [0.15, 0.2) is 42.6 Å². The van der Waals surface area contributed by atoms with Gasteiger partial charge in [-0.1, -0.05) is 18.2 Å². The standard InChI is InChI=1S/C17H19FN2O3/c18-12-5-6-14(19-9-12)15(22)10-20-17(11-21)7-8-23-16-4-2-1-3-13(16)17/h1-6,9,15,20-22H,7-8,10-11H2. The van der Waals surface area contributed by atoms with Crippen LogP contribution in [-0.4, -0.2) is 35.0 Å². The second-order valence-electron chi connectivity index (χ2n) is 5.63. The molecule has 1 aliphatic rings. The maximum Gasteiger partial charge on any atom is 0.141 e. The first kappa shape index (κ1) is 15.9. The highest BCUT2D eigenvalue weighted by Gasteiger charge is 2.37. The summed E-state index contributed by atoms with van der Waals surface area (Å²) < 4.78 is 18.5. The first-order chi connectivity index (χ1) is 11.1. The zero-order valence-electron chi connectivity index (χ0n) is 12.6. The average molecular weight is 318 g/mol. The zero-order valence-corrected chi connectivity index (χ0v) is 12.6. The van der Waals surface area contributed by atoms with Gasteiger partial charge in [0.2, 0.25) is 0 Å². The van der Waals surface area contributed by atoms with Crippen molar-refractivity contribution in [2.24, 2.45) is 0 Å². The van der Waals surface area contributed by atoms with Gasteiger partial charge in [-0.25, -0.2) is 4.39 Å². The number of ether oxygens (including phenoxy) is 1. The van der Waals surface area contributed by atoms with E-state index in [0.717, 1.165) is 17.5 Å². The van der Waals surface area contributed by atoms with Crippen LogP contribution < -0.4 is 10.1 Å². The van der Waals surface area contributed by atoms with E-state index in [2.05, 4.69) is 10.3 Å². The number of benzene rings is 1. The molecule has 1 aromatic heterocycles. The number of aliphatic hydroxyl groups excluding tert-OH is 2. The second kappa shape index (κ2) is 6.62. The molecule has 6 heteroatoms. The van der Waals surface area contributed by atoms with Gasteiger partial charge < -0.3 is 20.3 Å². The Kier molecular flexibility index (Phi) is 4.56. The predicted molar refractivity (Wildman–Crippen MR) is 82.5 cm³/mol. The summed E-state index contributed by atoms with van der Waals surface area (Å²) in [6, 6.07) is 10.2. The number of aliphatic hydroxyl groups is 2. The second-order valence-corrected chi connectivity index (χ2v) is 5.63. The van der Waals surface area contributed by atoms with Crippen molar-refractivity contribution in [2.45, 2.75) is 18.1 Å². The van der Waals surface area contributed by atoms with Crippen LogP contribution in [0.2, 0.25) is 0 Å². The highest BCUT2D eigenvalue weighted by atomic mass is 19.1. The summed E-state index contributed by atoms with van der Waals surface area (Å²) >= 11 is 0. The van der Waals surface area contributed by atoms with E-state index >= 15 is 0 Å². The third kappa shape index (κ3) is 3.19. The van der Waals surface area contributed by atoms with Gasteiger partial charge in [-0.15, -0.1) is 0 Å². The van der Waals surface area contributed by atoms with E-state index in [0.29, 0.717) is 18.7 Å². The van der Waals surface area contributed by atoms with Crippen molar-refractivity contribution in [3.05, 3.63) is 59.7 Å². The van der Waals surface area contributed by atoms with Crippen LogP contribution in [0.5, 0.6) is 5.75 Å². The number of pyridine rings is 1. The van der Waals surface area contributed by atoms with E-state index in [-0.39, 0.29) is 13.2 Å². The molecule has 0 spiro atoms. The van der Waals surface area contributed by atoms with Gasteiger partial charge in [0, 0.05) is 18.5 Å². The lowest BCUT2D eigenvalue weighted by Crippen LogP contribution is -2.50. The Morgan fingerprint density at radius 1 is 1.30 bits per heavy atom. The molecule has 3 rings (SSSR count). The fraction of sp³-hybridized carbons (Fsp3) is 0.353. The fourth-order valence-corrected chi connectivity index (χ4v) is 2.84. The number of fused-ring (bicyclic) bond motifs is 1. The predicted octanol–water partition coefficient (Wildman–Crippen LogP) is 1.51. The van der Waals surface area contributed by atoms with Crippen molar-refractivity contribution >= 4 is 0 Å². The van der Waals surface area contributed by atoms with Crippen LogP contribution in [0.1, 0.15) is 23.8 Å². The molecule has 0 fully saturated rings. The molecule has 0 saturated carbocycles. The van der Waals surface area contributed by atoms with E-state index in [1.165, 1.54) is 12.1 Å². The minimum atomic E-state index is -0.894. The van der Waals surface area contributed by atoms with Gasteiger partial charge in [-0.2, -0.15) is 0 Å². The van der Waals surface area contributed by atoms with E-state index in [4.69, 9.17) is 4.74 Å². The molecule has 0 aliphatic carbocycles. The summed E-state index contributed by atoms with van der Waals surface area (Å²) in [5.41, 5.74) is 0.580. The molecule has 1 aliphatic heterocycles. The van der Waals surface area contributed by atoms with Crippen LogP contribution in [0.25, 0.3) is 0 Å². The van der Waals surface area contributed by atoms with Crippen molar-refractivity contribution in [3.8, 4) is 5.75 Å². The number of hydrogen-bond donors (Lipinski definition) is 3. The molecular formula is C17H19FN2O3. The summed E-state index contributed by atoms with van der Waals surface area (Å²) in [7, 11) is 0. The number of nitrogens with one attached hydrogen (secondary N) is 1. The van der Waals surface area contributed by atoms with Crippen molar-refractivity contribution in [3.63, 3.8) is 0 Å². The minimum absolute atomic E-state index is 0.114. The summed E-state index contributed by atoms with van der Waals surface area (Å²) in [4.78, 5) is 3.88. The molecule has 3 N–H and O–H groups in total. The number of para-hydroxylation sites is 1. The quantitative estimate of drug-likeness (QED) is 0.779. The maximum absolute atomic E-state index is 12.9. The molecule has 5 nitrogen and oxygen atoms in total. The number of rotatable bonds is 5. The largest absolute Gasteiger partial charge is 0.493 e. The topological polar surface area (TPSA) is 74.6 Å². The summed E-state index contributed by atoms with van der Waals surface area (Å²) in [5, 5.41) is 23.4. The van der Waals surface area contributed by atoms with Crippen molar-refractivity contribution in [1.29, 1.82) is 0 Å².